The molecule has 0 atom stereocenters. The Labute approximate surface area is 123 Å². The summed E-state index contributed by atoms with van der Waals surface area (Å²) in [5.74, 6) is -0.0177. The van der Waals surface area contributed by atoms with Gasteiger partial charge in [0, 0.05) is 6.54 Å². The highest BCUT2D eigenvalue weighted by atomic mass is 19.1. The van der Waals surface area contributed by atoms with Gasteiger partial charge >= 0.3 is 0 Å². The largest absolute Gasteiger partial charge is 0.484 e. The summed E-state index contributed by atoms with van der Waals surface area (Å²) in [4.78, 5) is 11.6. The van der Waals surface area contributed by atoms with Crippen LogP contribution in [0.3, 0.4) is 0 Å². The van der Waals surface area contributed by atoms with Crippen LogP contribution in [0.4, 0.5) is 4.39 Å². The molecule has 0 aliphatic carbocycles. The van der Waals surface area contributed by atoms with Crippen molar-refractivity contribution >= 4 is 5.91 Å². The number of hydrogen-bond donors (Lipinski definition) is 1. The van der Waals surface area contributed by atoms with Crippen LogP contribution in [-0.2, 0) is 11.2 Å². The molecule has 1 N–H and O–H groups in total. The maximum Gasteiger partial charge on any atom is 0.257 e. The van der Waals surface area contributed by atoms with Crippen LogP contribution in [0.1, 0.15) is 12.0 Å². The molecule has 0 aliphatic heterocycles. The van der Waals surface area contributed by atoms with Gasteiger partial charge in [-0.2, -0.15) is 0 Å². The second-order valence-corrected chi connectivity index (χ2v) is 4.68. The lowest BCUT2D eigenvalue weighted by Gasteiger charge is -2.07. The van der Waals surface area contributed by atoms with Gasteiger partial charge in [-0.25, -0.2) is 4.39 Å². The molecule has 0 spiro atoms. The van der Waals surface area contributed by atoms with E-state index in [1.807, 2.05) is 18.2 Å². The van der Waals surface area contributed by atoms with Gasteiger partial charge < -0.3 is 10.1 Å². The van der Waals surface area contributed by atoms with E-state index < -0.39 is 0 Å². The molecule has 0 bridgehead atoms. The Hall–Kier alpha value is -2.36. The van der Waals surface area contributed by atoms with Gasteiger partial charge in [-0.3, -0.25) is 4.79 Å². The van der Waals surface area contributed by atoms with Crippen molar-refractivity contribution in [2.75, 3.05) is 13.2 Å². The van der Waals surface area contributed by atoms with Crippen LogP contribution < -0.4 is 10.1 Å². The number of nitrogens with one attached hydrogen (secondary N) is 1. The number of carbonyl (C=O) groups is 1. The number of aryl methyl sites for hydroxylation is 1. The fourth-order valence-corrected chi connectivity index (χ4v) is 1.90. The molecule has 1 amide bonds. The zero-order chi connectivity index (χ0) is 14.9. The van der Waals surface area contributed by atoms with Crippen LogP contribution in [0.25, 0.3) is 0 Å². The minimum Gasteiger partial charge on any atom is -0.484 e. The monoisotopic (exact) mass is 287 g/mol. The summed E-state index contributed by atoms with van der Waals surface area (Å²) in [5.41, 5.74) is 1.26. The van der Waals surface area contributed by atoms with Crippen LogP contribution in [0.15, 0.2) is 54.6 Å². The molecule has 110 valence electrons. The van der Waals surface area contributed by atoms with E-state index in [1.165, 1.54) is 29.8 Å². The molecular weight excluding hydrogens is 269 g/mol. The Kier molecular flexibility index (Phi) is 5.76. The van der Waals surface area contributed by atoms with Crippen molar-refractivity contribution in [3.63, 3.8) is 0 Å². The number of benzene rings is 2. The van der Waals surface area contributed by atoms with E-state index in [0.29, 0.717) is 12.3 Å². The van der Waals surface area contributed by atoms with Gasteiger partial charge in [-0.05, 0) is 42.7 Å². The van der Waals surface area contributed by atoms with E-state index in [2.05, 4.69) is 17.4 Å². The lowest BCUT2D eigenvalue weighted by Crippen LogP contribution is -2.29. The van der Waals surface area contributed by atoms with Gasteiger partial charge in [0.1, 0.15) is 11.6 Å². The first kappa shape index (κ1) is 15.0. The molecule has 0 aromatic heterocycles. The molecule has 0 saturated heterocycles. The highest BCUT2D eigenvalue weighted by Gasteiger charge is 2.02. The minimum atomic E-state index is -0.326. The average Bonchev–Trinajstić information content (AvgIpc) is 2.52. The maximum atomic E-state index is 12.7. The Morgan fingerprint density at radius 2 is 1.76 bits per heavy atom. The van der Waals surface area contributed by atoms with Crippen molar-refractivity contribution in [2.45, 2.75) is 12.8 Å². The summed E-state index contributed by atoms with van der Waals surface area (Å²) in [7, 11) is 0. The number of carbonyl (C=O) groups excluding carboxylic acids is 1. The lowest BCUT2D eigenvalue weighted by molar-refractivity contribution is -0.123. The number of halogens is 1. The van der Waals surface area contributed by atoms with Gasteiger partial charge in [-0.1, -0.05) is 30.3 Å². The highest BCUT2D eigenvalue weighted by molar-refractivity contribution is 5.77. The molecule has 0 unspecified atom stereocenters. The third-order valence-electron chi connectivity index (χ3n) is 2.99. The van der Waals surface area contributed by atoms with E-state index >= 15 is 0 Å². The summed E-state index contributed by atoms with van der Waals surface area (Å²) in [6.45, 7) is 0.553. The van der Waals surface area contributed by atoms with Crippen LogP contribution in [0.2, 0.25) is 0 Å². The molecule has 2 aromatic carbocycles. The predicted molar refractivity (Wildman–Crippen MR) is 79.7 cm³/mol. The highest BCUT2D eigenvalue weighted by Crippen LogP contribution is 2.10. The quantitative estimate of drug-likeness (QED) is 0.795. The van der Waals surface area contributed by atoms with Crippen molar-refractivity contribution in [3.05, 3.63) is 66.0 Å². The lowest BCUT2D eigenvalue weighted by atomic mass is 10.1. The first-order chi connectivity index (χ1) is 10.2. The zero-order valence-corrected chi connectivity index (χ0v) is 11.7. The first-order valence-electron chi connectivity index (χ1n) is 6.93. The van der Waals surface area contributed by atoms with Gasteiger partial charge in [0.05, 0.1) is 0 Å². The van der Waals surface area contributed by atoms with Crippen LogP contribution in [0, 0.1) is 5.82 Å². The summed E-state index contributed by atoms with van der Waals surface area (Å²) in [6, 6.07) is 15.7. The van der Waals surface area contributed by atoms with Crippen molar-refractivity contribution in [1.29, 1.82) is 0 Å². The molecule has 0 saturated carbocycles. The topological polar surface area (TPSA) is 38.3 Å². The summed E-state index contributed by atoms with van der Waals surface area (Å²) < 4.78 is 18.0. The zero-order valence-electron chi connectivity index (χ0n) is 11.7. The smallest absolute Gasteiger partial charge is 0.257 e. The number of rotatable bonds is 7. The number of amides is 1. The van der Waals surface area contributed by atoms with E-state index in [-0.39, 0.29) is 18.3 Å². The van der Waals surface area contributed by atoms with E-state index in [4.69, 9.17) is 4.74 Å². The fourth-order valence-electron chi connectivity index (χ4n) is 1.90. The van der Waals surface area contributed by atoms with Crippen LogP contribution in [-0.4, -0.2) is 19.1 Å². The van der Waals surface area contributed by atoms with Crippen molar-refractivity contribution in [1.82, 2.24) is 5.32 Å². The molecule has 21 heavy (non-hydrogen) atoms. The van der Waals surface area contributed by atoms with E-state index in [1.54, 1.807) is 0 Å². The van der Waals surface area contributed by atoms with Crippen molar-refractivity contribution in [3.8, 4) is 5.75 Å². The molecule has 3 nitrogen and oxygen atoms in total. The molecule has 0 radical (unpaired) electrons. The van der Waals surface area contributed by atoms with Gasteiger partial charge in [0.2, 0.25) is 0 Å². The fraction of sp³-hybridized carbons (Fsp3) is 0.235. The van der Waals surface area contributed by atoms with Crippen LogP contribution in [0.5, 0.6) is 5.75 Å². The van der Waals surface area contributed by atoms with Gasteiger partial charge in [0.15, 0.2) is 6.61 Å². The summed E-state index contributed by atoms with van der Waals surface area (Å²) in [6.07, 6.45) is 1.81. The van der Waals surface area contributed by atoms with E-state index in [0.717, 1.165) is 12.8 Å². The third-order valence-corrected chi connectivity index (χ3v) is 2.99. The van der Waals surface area contributed by atoms with Gasteiger partial charge in [0.25, 0.3) is 5.91 Å². The van der Waals surface area contributed by atoms with Crippen molar-refractivity contribution in [2.24, 2.45) is 0 Å². The summed E-state index contributed by atoms with van der Waals surface area (Å²) >= 11 is 0. The molecule has 0 aliphatic rings. The third kappa shape index (κ3) is 5.65. The molecule has 2 rings (SSSR count). The van der Waals surface area contributed by atoms with Gasteiger partial charge in [-0.15, -0.1) is 0 Å². The second-order valence-electron chi connectivity index (χ2n) is 4.68. The SMILES string of the molecule is O=C(COc1ccc(F)cc1)NCCCc1ccccc1. The Morgan fingerprint density at radius 1 is 1.05 bits per heavy atom. The molecule has 0 heterocycles. The molecule has 4 heteroatoms. The summed E-state index contributed by atoms with van der Waals surface area (Å²) in [5, 5.41) is 2.80. The Morgan fingerprint density at radius 3 is 2.48 bits per heavy atom. The predicted octanol–water partition coefficient (Wildman–Crippen LogP) is 2.95. The minimum absolute atomic E-state index is 0.0586. The average molecular weight is 287 g/mol. The Balaban J connectivity index is 1.60. The standard InChI is InChI=1S/C17H18FNO2/c18-15-8-10-16(11-9-15)21-13-17(20)19-12-4-7-14-5-2-1-3-6-14/h1-3,5-6,8-11H,4,7,12-13H2,(H,19,20). The second kappa shape index (κ2) is 8.04. The van der Waals surface area contributed by atoms with Crippen molar-refractivity contribution < 1.29 is 13.9 Å². The normalized spacial score (nSPS) is 10.1. The maximum absolute atomic E-state index is 12.7. The first-order valence-corrected chi connectivity index (χ1v) is 6.93. The van der Waals surface area contributed by atoms with Crippen LogP contribution >= 0.6 is 0 Å². The molecule has 2 aromatic rings. The number of hydrogen-bond acceptors (Lipinski definition) is 2. The molecular formula is C17H18FNO2. The molecule has 0 fully saturated rings. The Bertz CT molecular complexity index is 555. The van der Waals surface area contributed by atoms with E-state index in [9.17, 15) is 9.18 Å². The number of ether oxygens (including phenoxy) is 1.